The molecule has 0 fully saturated rings. The van der Waals surface area contributed by atoms with Gasteiger partial charge in [-0.15, -0.1) is 0 Å². The summed E-state index contributed by atoms with van der Waals surface area (Å²) >= 11 is 0. The molecule has 0 spiro atoms. The number of alkyl halides is 3. The molecule has 2 aromatic rings. The lowest BCUT2D eigenvalue weighted by molar-refractivity contribution is -0.137. The second kappa shape index (κ2) is 5.86. The molecule has 1 aromatic heterocycles. The van der Waals surface area contributed by atoms with E-state index >= 15 is 0 Å². The molecule has 0 amide bonds. The fourth-order valence-corrected chi connectivity index (χ4v) is 1.42. The molecule has 0 radical (unpaired) electrons. The molecule has 0 atom stereocenters. The molecule has 1 aromatic carbocycles. The Balaban J connectivity index is 2.08. The summed E-state index contributed by atoms with van der Waals surface area (Å²) in [6, 6.07) is 5.18. The minimum atomic E-state index is -4.48. The molecule has 1 N–H and O–H groups in total. The number of halogens is 5. The average Bonchev–Trinajstić information content (AvgIpc) is 2.42. The van der Waals surface area contributed by atoms with Crippen LogP contribution in [0.1, 0.15) is 11.1 Å². The first-order chi connectivity index (χ1) is 9.88. The van der Waals surface area contributed by atoms with E-state index in [0.29, 0.717) is 6.20 Å². The van der Waals surface area contributed by atoms with Crippen molar-refractivity contribution in [2.24, 2.45) is 5.10 Å². The van der Waals surface area contributed by atoms with Crippen molar-refractivity contribution < 1.29 is 22.0 Å². The lowest BCUT2D eigenvalue weighted by Crippen LogP contribution is -2.05. The normalized spacial score (nSPS) is 11.9. The third-order valence-corrected chi connectivity index (χ3v) is 2.46. The molecule has 2 rings (SSSR count). The van der Waals surface area contributed by atoms with E-state index < -0.39 is 23.4 Å². The van der Waals surface area contributed by atoms with Gasteiger partial charge in [-0.25, -0.2) is 13.8 Å². The number of hydrogen-bond donors (Lipinski definition) is 1. The molecule has 110 valence electrons. The number of anilines is 1. The first kappa shape index (κ1) is 14.9. The van der Waals surface area contributed by atoms with Crippen LogP contribution in [0.5, 0.6) is 0 Å². The van der Waals surface area contributed by atoms with E-state index in [0.717, 1.165) is 30.5 Å². The summed E-state index contributed by atoms with van der Waals surface area (Å²) in [6.07, 6.45) is -2.98. The Labute approximate surface area is 116 Å². The zero-order valence-corrected chi connectivity index (χ0v) is 10.3. The predicted octanol–water partition coefficient (Wildman–Crippen LogP) is 3.82. The van der Waals surface area contributed by atoms with Crippen LogP contribution < -0.4 is 5.43 Å². The minimum absolute atomic E-state index is 0.0102. The Kier molecular flexibility index (Phi) is 4.15. The Hall–Kier alpha value is -2.51. The Morgan fingerprint density at radius 1 is 1.05 bits per heavy atom. The molecule has 0 aliphatic rings. The number of nitrogens with zero attached hydrogens (tertiary/aromatic N) is 2. The number of benzene rings is 1. The number of pyridine rings is 1. The van der Waals surface area contributed by atoms with Gasteiger partial charge in [0.05, 0.1) is 17.3 Å². The molecule has 3 nitrogen and oxygen atoms in total. The number of aromatic nitrogens is 1. The fraction of sp³-hybridized carbons (Fsp3) is 0.0769. The van der Waals surface area contributed by atoms with Gasteiger partial charge >= 0.3 is 6.18 Å². The fourth-order valence-electron chi connectivity index (χ4n) is 1.42. The number of rotatable bonds is 3. The van der Waals surface area contributed by atoms with Crippen molar-refractivity contribution in [2.45, 2.75) is 6.18 Å². The topological polar surface area (TPSA) is 37.3 Å². The highest BCUT2D eigenvalue weighted by atomic mass is 19.4. The van der Waals surface area contributed by atoms with Crippen LogP contribution in [0.3, 0.4) is 0 Å². The maximum absolute atomic E-state index is 13.3. The summed E-state index contributed by atoms with van der Waals surface area (Å²) in [5.41, 5.74) is 1.01. The van der Waals surface area contributed by atoms with Crippen LogP contribution in [0.25, 0.3) is 0 Å². The highest BCUT2D eigenvalue weighted by Gasteiger charge is 2.30. The summed E-state index contributed by atoms with van der Waals surface area (Å²) in [6.45, 7) is 0. The van der Waals surface area contributed by atoms with E-state index in [9.17, 15) is 22.0 Å². The zero-order valence-electron chi connectivity index (χ0n) is 10.3. The van der Waals surface area contributed by atoms with Gasteiger partial charge in [0.2, 0.25) is 0 Å². The van der Waals surface area contributed by atoms with Crippen molar-refractivity contribution in [2.75, 3.05) is 5.43 Å². The summed E-state index contributed by atoms with van der Waals surface area (Å²) in [5.74, 6) is -1.60. The van der Waals surface area contributed by atoms with E-state index in [1.165, 1.54) is 6.07 Å². The molecule has 1 heterocycles. The van der Waals surface area contributed by atoms with Crippen LogP contribution in [0.4, 0.5) is 27.8 Å². The number of hydrazone groups is 1. The standard InChI is InChI=1S/C13H8F5N3/c14-10-2-1-3-11(15)9(10)7-20-21-12-5-4-8(6-19-12)13(16,17)18/h1-7H,(H,19,21)/b20-7-. The van der Waals surface area contributed by atoms with Gasteiger partial charge in [0, 0.05) is 6.20 Å². The summed E-state index contributed by atoms with van der Waals surface area (Å²) in [4.78, 5) is 3.49. The highest BCUT2D eigenvalue weighted by Crippen LogP contribution is 2.28. The third kappa shape index (κ3) is 3.74. The van der Waals surface area contributed by atoms with Crippen molar-refractivity contribution in [1.29, 1.82) is 0 Å². The predicted molar refractivity (Wildman–Crippen MR) is 66.8 cm³/mol. The van der Waals surface area contributed by atoms with E-state index in [1.54, 1.807) is 0 Å². The largest absolute Gasteiger partial charge is 0.417 e. The minimum Gasteiger partial charge on any atom is -0.261 e. The molecule has 8 heteroatoms. The van der Waals surface area contributed by atoms with Crippen LogP contribution in [0.2, 0.25) is 0 Å². The van der Waals surface area contributed by atoms with Crippen molar-refractivity contribution in [3.8, 4) is 0 Å². The summed E-state index contributed by atoms with van der Waals surface area (Å²) in [7, 11) is 0. The van der Waals surface area contributed by atoms with Crippen molar-refractivity contribution in [1.82, 2.24) is 4.98 Å². The molecule has 0 bridgehead atoms. The third-order valence-electron chi connectivity index (χ3n) is 2.46. The maximum atomic E-state index is 13.3. The Bertz CT molecular complexity index is 630. The average molecular weight is 301 g/mol. The van der Waals surface area contributed by atoms with Crippen molar-refractivity contribution in [3.05, 3.63) is 59.3 Å². The van der Waals surface area contributed by atoms with Crippen LogP contribution in [0, 0.1) is 11.6 Å². The van der Waals surface area contributed by atoms with E-state index in [4.69, 9.17) is 0 Å². The van der Waals surface area contributed by atoms with Gasteiger partial charge in [-0.1, -0.05) is 6.07 Å². The second-order valence-corrected chi connectivity index (χ2v) is 3.94. The van der Waals surface area contributed by atoms with Gasteiger partial charge in [-0.05, 0) is 24.3 Å². The highest BCUT2D eigenvalue weighted by molar-refractivity contribution is 5.80. The van der Waals surface area contributed by atoms with Crippen LogP contribution >= 0.6 is 0 Å². The van der Waals surface area contributed by atoms with Gasteiger partial charge in [0.1, 0.15) is 17.5 Å². The van der Waals surface area contributed by atoms with Crippen LogP contribution in [0.15, 0.2) is 41.6 Å². The van der Waals surface area contributed by atoms with E-state index in [-0.39, 0.29) is 11.4 Å². The van der Waals surface area contributed by atoms with Gasteiger partial charge in [-0.2, -0.15) is 18.3 Å². The molecule has 0 aliphatic carbocycles. The van der Waals surface area contributed by atoms with Gasteiger partial charge in [0.15, 0.2) is 0 Å². The molecular formula is C13H8F5N3. The first-order valence-corrected chi connectivity index (χ1v) is 5.64. The van der Waals surface area contributed by atoms with Crippen molar-refractivity contribution >= 4 is 12.0 Å². The number of nitrogens with one attached hydrogen (secondary N) is 1. The lowest BCUT2D eigenvalue weighted by Gasteiger charge is -2.06. The first-order valence-electron chi connectivity index (χ1n) is 5.64. The molecule has 0 saturated carbocycles. The molecule has 0 aliphatic heterocycles. The van der Waals surface area contributed by atoms with Gasteiger partial charge in [0.25, 0.3) is 0 Å². The molecule has 0 unspecified atom stereocenters. The van der Waals surface area contributed by atoms with E-state index in [1.807, 2.05) is 0 Å². The van der Waals surface area contributed by atoms with Gasteiger partial charge in [-0.3, -0.25) is 5.43 Å². The lowest BCUT2D eigenvalue weighted by atomic mass is 10.2. The van der Waals surface area contributed by atoms with E-state index in [2.05, 4.69) is 15.5 Å². The summed E-state index contributed by atoms with van der Waals surface area (Å²) in [5, 5.41) is 3.53. The molecule has 0 saturated heterocycles. The quantitative estimate of drug-likeness (QED) is 0.531. The van der Waals surface area contributed by atoms with Crippen LogP contribution in [-0.4, -0.2) is 11.2 Å². The van der Waals surface area contributed by atoms with Crippen LogP contribution in [-0.2, 0) is 6.18 Å². The zero-order chi connectivity index (χ0) is 15.5. The molecular weight excluding hydrogens is 293 g/mol. The monoisotopic (exact) mass is 301 g/mol. The number of hydrogen-bond acceptors (Lipinski definition) is 3. The Morgan fingerprint density at radius 2 is 1.71 bits per heavy atom. The maximum Gasteiger partial charge on any atom is 0.417 e. The van der Waals surface area contributed by atoms with Crippen molar-refractivity contribution in [3.63, 3.8) is 0 Å². The SMILES string of the molecule is Fc1cccc(F)c1/C=N\Nc1ccc(C(F)(F)F)cn1. The Morgan fingerprint density at radius 3 is 2.24 bits per heavy atom. The smallest absolute Gasteiger partial charge is 0.261 e. The summed E-state index contributed by atoms with van der Waals surface area (Å²) < 4.78 is 63.4. The second-order valence-electron chi connectivity index (χ2n) is 3.94. The van der Waals surface area contributed by atoms with Gasteiger partial charge < -0.3 is 0 Å². The molecule has 21 heavy (non-hydrogen) atoms.